The third kappa shape index (κ3) is 3.79. The summed E-state index contributed by atoms with van der Waals surface area (Å²) >= 11 is 5.94. The fraction of sp³-hybridized carbons (Fsp3) is 0.278. The number of nitrogens with one attached hydrogen (secondary N) is 1. The molecule has 1 amide bonds. The second kappa shape index (κ2) is 6.57. The van der Waals surface area contributed by atoms with Gasteiger partial charge in [-0.15, -0.1) is 0 Å². The number of carbonyl (C=O) groups excluding carboxylic acids is 1. The van der Waals surface area contributed by atoms with E-state index in [1.165, 1.54) is 12.1 Å². The lowest BCUT2D eigenvalue weighted by Gasteiger charge is -2.19. The molecule has 126 valence electrons. The van der Waals surface area contributed by atoms with E-state index < -0.39 is 9.84 Å². The van der Waals surface area contributed by atoms with Crippen LogP contribution in [-0.2, 0) is 9.84 Å². The second-order valence-electron chi connectivity index (χ2n) is 6.12. The Morgan fingerprint density at radius 1 is 1.17 bits per heavy atom. The van der Waals surface area contributed by atoms with E-state index in [0.29, 0.717) is 11.5 Å². The van der Waals surface area contributed by atoms with Crippen molar-refractivity contribution in [1.29, 1.82) is 0 Å². The van der Waals surface area contributed by atoms with Gasteiger partial charge in [0.15, 0.2) is 9.84 Å². The van der Waals surface area contributed by atoms with Gasteiger partial charge in [-0.05, 0) is 42.5 Å². The molecule has 0 heterocycles. The zero-order chi connectivity index (χ0) is 17.3. The smallest absolute Gasteiger partial charge is 0.251 e. The monoisotopic (exact) mass is 363 g/mol. The van der Waals surface area contributed by atoms with Gasteiger partial charge < -0.3 is 5.32 Å². The predicted octanol–water partition coefficient (Wildman–Crippen LogP) is 3.62. The molecule has 1 fully saturated rings. The van der Waals surface area contributed by atoms with Crippen molar-refractivity contribution in [3.63, 3.8) is 0 Å². The molecule has 0 spiro atoms. The molecule has 2 aromatic rings. The number of hydrogen-bond donors (Lipinski definition) is 1. The highest BCUT2D eigenvalue weighted by Gasteiger charge is 2.33. The molecule has 0 aliphatic heterocycles. The lowest BCUT2D eigenvalue weighted by molar-refractivity contribution is 0.0931. The van der Waals surface area contributed by atoms with Gasteiger partial charge in [0.2, 0.25) is 0 Å². The van der Waals surface area contributed by atoms with Crippen LogP contribution in [0.25, 0.3) is 0 Å². The van der Waals surface area contributed by atoms with Crippen molar-refractivity contribution in [2.75, 3.05) is 6.26 Å². The number of amides is 1. The molecular formula is C18H18ClNO3S. The van der Waals surface area contributed by atoms with E-state index in [1.807, 2.05) is 30.3 Å². The molecule has 0 aromatic heterocycles. The molecule has 0 unspecified atom stereocenters. The van der Waals surface area contributed by atoms with Crippen LogP contribution < -0.4 is 5.32 Å². The number of carbonyl (C=O) groups is 1. The van der Waals surface area contributed by atoms with Crippen LogP contribution in [0.3, 0.4) is 0 Å². The standard InChI is InChI=1S/C18H18ClNO3S/c1-24(22,23)16-11-14(9-10-15(16)19)18(21)20-17(13-7-8-13)12-5-3-2-4-6-12/h2-6,9-11,13,17H,7-8H2,1H3,(H,20,21)/t17-/m1/s1. The minimum Gasteiger partial charge on any atom is -0.345 e. The third-order valence-electron chi connectivity index (χ3n) is 4.13. The fourth-order valence-electron chi connectivity index (χ4n) is 2.72. The predicted molar refractivity (Wildman–Crippen MR) is 93.9 cm³/mol. The minimum atomic E-state index is -3.49. The summed E-state index contributed by atoms with van der Waals surface area (Å²) in [7, 11) is -3.49. The first-order valence-electron chi connectivity index (χ1n) is 7.71. The first-order chi connectivity index (χ1) is 11.4. The van der Waals surface area contributed by atoms with Crippen LogP contribution in [0, 0.1) is 5.92 Å². The summed E-state index contributed by atoms with van der Waals surface area (Å²) < 4.78 is 23.5. The molecule has 6 heteroatoms. The van der Waals surface area contributed by atoms with E-state index in [0.717, 1.165) is 24.7 Å². The Bertz CT molecular complexity index is 861. The summed E-state index contributed by atoms with van der Waals surface area (Å²) in [5.41, 5.74) is 1.35. The van der Waals surface area contributed by atoms with Crippen LogP contribution in [0.15, 0.2) is 53.4 Å². The maximum absolute atomic E-state index is 12.6. The summed E-state index contributed by atoms with van der Waals surface area (Å²) in [6, 6.07) is 14.1. The number of sulfone groups is 1. The molecule has 0 radical (unpaired) electrons. The molecule has 1 saturated carbocycles. The SMILES string of the molecule is CS(=O)(=O)c1cc(C(=O)N[C@H](c2ccccc2)C2CC2)ccc1Cl. The zero-order valence-corrected chi connectivity index (χ0v) is 14.8. The molecule has 1 aliphatic rings. The van der Waals surface area contributed by atoms with Gasteiger partial charge in [-0.1, -0.05) is 41.9 Å². The summed E-state index contributed by atoms with van der Waals surface area (Å²) in [6.45, 7) is 0. The van der Waals surface area contributed by atoms with Crippen molar-refractivity contribution < 1.29 is 13.2 Å². The first-order valence-corrected chi connectivity index (χ1v) is 9.98. The molecule has 24 heavy (non-hydrogen) atoms. The van der Waals surface area contributed by atoms with Gasteiger partial charge in [-0.3, -0.25) is 4.79 Å². The van der Waals surface area contributed by atoms with E-state index in [1.54, 1.807) is 6.07 Å². The van der Waals surface area contributed by atoms with E-state index >= 15 is 0 Å². The molecule has 4 nitrogen and oxygen atoms in total. The van der Waals surface area contributed by atoms with E-state index in [2.05, 4.69) is 5.32 Å². The highest BCUT2D eigenvalue weighted by Crippen LogP contribution is 2.41. The topological polar surface area (TPSA) is 63.2 Å². The van der Waals surface area contributed by atoms with Crippen LogP contribution >= 0.6 is 11.6 Å². The number of rotatable bonds is 5. The van der Waals surface area contributed by atoms with Crippen molar-refractivity contribution >= 4 is 27.3 Å². The van der Waals surface area contributed by atoms with Gasteiger partial charge in [-0.25, -0.2) is 8.42 Å². The number of benzene rings is 2. The van der Waals surface area contributed by atoms with Crippen molar-refractivity contribution in [1.82, 2.24) is 5.32 Å². The van der Waals surface area contributed by atoms with Gasteiger partial charge in [0, 0.05) is 11.8 Å². The van der Waals surface area contributed by atoms with Gasteiger partial charge in [-0.2, -0.15) is 0 Å². The molecule has 2 aromatic carbocycles. The second-order valence-corrected chi connectivity index (χ2v) is 8.51. The number of halogens is 1. The molecule has 1 atom stereocenters. The average Bonchev–Trinajstić information content (AvgIpc) is 3.37. The molecule has 0 saturated heterocycles. The Morgan fingerprint density at radius 2 is 1.83 bits per heavy atom. The third-order valence-corrected chi connectivity index (χ3v) is 5.71. The van der Waals surface area contributed by atoms with Crippen LogP contribution in [0.1, 0.15) is 34.8 Å². The zero-order valence-electron chi connectivity index (χ0n) is 13.2. The van der Waals surface area contributed by atoms with Crippen LogP contribution in [0.2, 0.25) is 5.02 Å². The van der Waals surface area contributed by atoms with Crippen molar-refractivity contribution in [3.8, 4) is 0 Å². The van der Waals surface area contributed by atoms with Gasteiger partial charge in [0.1, 0.15) is 0 Å². The van der Waals surface area contributed by atoms with Crippen molar-refractivity contribution in [2.24, 2.45) is 5.92 Å². The highest BCUT2D eigenvalue weighted by molar-refractivity contribution is 7.90. The Hall–Kier alpha value is -1.85. The van der Waals surface area contributed by atoms with Gasteiger partial charge in [0.05, 0.1) is 16.0 Å². The van der Waals surface area contributed by atoms with Crippen LogP contribution in [0.5, 0.6) is 0 Å². The lowest BCUT2D eigenvalue weighted by atomic mass is 10.0. The van der Waals surface area contributed by atoms with Crippen molar-refractivity contribution in [2.45, 2.75) is 23.8 Å². The van der Waals surface area contributed by atoms with E-state index in [9.17, 15) is 13.2 Å². The largest absolute Gasteiger partial charge is 0.345 e. The number of hydrogen-bond acceptors (Lipinski definition) is 3. The van der Waals surface area contributed by atoms with Crippen molar-refractivity contribution in [3.05, 3.63) is 64.7 Å². The summed E-state index contributed by atoms with van der Waals surface area (Å²) in [4.78, 5) is 12.6. The summed E-state index contributed by atoms with van der Waals surface area (Å²) in [6.07, 6.45) is 3.23. The summed E-state index contributed by atoms with van der Waals surface area (Å²) in [5.74, 6) is 0.135. The fourth-order valence-corrected chi connectivity index (χ4v) is 4.02. The summed E-state index contributed by atoms with van der Waals surface area (Å²) in [5, 5.41) is 3.15. The molecule has 1 N–H and O–H groups in total. The molecular weight excluding hydrogens is 346 g/mol. The van der Waals surface area contributed by atoms with Gasteiger partial charge >= 0.3 is 0 Å². The molecule has 1 aliphatic carbocycles. The molecule has 3 rings (SSSR count). The quantitative estimate of drug-likeness (QED) is 0.882. The normalized spacial score (nSPS) is 15.8. The first kappa shape index (κ1) is 17.0. The Kier molecular flexibility index (Phi) is 4.65. The maximum Gasteiger partial charge on any atom is 0.251 e. The minimum absolute atomic E-state index is 0.0282. The Balaban J connectivity index is 1.86. The van der Waals surface area contributed by atoms with E-state index in [-0.39, 0.29) is 21.9 Å². The maximum atomic E-state index is 12.6. The highest BCUT2D eigenvalue weighted by atomic mass is 35.5. The van der Waals surface area contributed by atoms with Crippen LogP contribution in [0.4, 0.5) is 0 Å². The van der Waals surface area contributed by atoms with E-state index in [4.69, 9.17) is 11.6 Å². The lowest BCUT2D eigenvalue weighted by Crippen LogP contribution is -2.30. The van der Waals surface area contributed by atoms with Gasteiger partial charge in [0.25, 0.3) is 5.91 Å². The van der Waals surface area contributed by atoms with Crippen LogP contribution in [-0.4, -0.2) is 20.6 Å². The molecule has 0 bridgehead atoms. The Morgan fingerprint density at radius 3 is 2.42 bits per heavy atom. The average molecular weight is 364 g/mol. The Labute approximate surface area is 146 Å².